The van der Waals surface area contributed by atoms with Gasteiger partial charge in [0.2, 0.25) is 0 Å². The predicted molar refractivity (Wildman–Crippen MR) is 34.5 cm³/mol. The Morgan fingerprint density at radius 1 is 1.33 bits per heavy atom. The molecule has 1 rings (SSSR count). The van der Waals surface area contributed by atoms with Gasteiger partial charge in [-0.2, -0.15) is 0 Å². The summed E-state index contributed by atoms with van der Waals surface area (Å²) in [6.45, 7) is 0.976. The Labute approximate surface area is 54.7 Å². The first kappa shape index (κ1) is 6.23. The van der Waals surface area contributed by atoms with Crippen molar-refractivity contribution >= 4 is 0 Å². The van der Waals surface area contributed by atoms with E-state index in [-0.39, 0.29) is 0 Å². The number of quaternary nitrogens is 1. The maximum atomic E-state index is 3.77. The molecule has 0 radical (unpaired) electrons. The van der Waals surface area contributed by atoms with Gasteiger partial charge in [0.15, 0.2) is 12.4 Å². The highest BCUT2D eigenvalue weighted by Gasteiger charge is 1.90. The normalized spacial score (nSPS) is 9.44. The van der Waals surface area contributed by atoms with Crippen molar-refractivity contribution in [2.75, 3.05) is 6.54 Å². The summed E-state index contributed by atoms with van der Waals surface area (Å²) in [5, 5.41) is 0. The molecule has 0 spiro atoms. The van der Waals surface area contributed by atoms with E-state index in [1.165, 1.54) is 5.56 Å². The van der Waals surface area contributed by atoms with Gasteiger partial charge >= 0.3 is 0 Å². The Morgan fingerprint density at radius 2 is 2.00 bits per heavy atom. The van der Waals surface area contributed by atoms with Crippen molar-refractivity contribution in [1.29, 1.82) is 0 Å². The lowest BCUT2D eigenvalue weighted by molar-refractivity contribution is -0.378. The Morgan fingerprint density at radius 3 is 2.56 bits per heavy atom. The van der Waals surface area contributed by atoms with Crippen LogP contribution in [0.15, 0.2) is 24.5 Å². The van der Waals surface area contributed by atoms with Crippen LogP contribution in [0, 0.1) is 0 Å². The third-order valence-electron chi connectivity index (χ3n) is 1.25. The van der Waals surface area contributed by atoms with Crippen LogP contribution in [0.4, 0.5) is 0 Å². The molecule has 0 saturated carbocycles. The quantitative estimate of drug-likeness (QED) is 0.541. The van der Waals surface area contributed by atoms with Crippen molar-refractivity contribution in [3.05, 3.63) is 30.1 Å². The lowest BCUT2D eigenvalue weighted by Crippen LogP contribution is -2.51. The van der Waals surface area contributed by atoms with Gasteiger partial charge in [-0.1, -0.05) is 0 Å². The molecule has 2 nitrogen and oxygen atoms in total. The minimum atomic E-state index is 0.976. The van der Waals surface area contributed by atoms with Gasteiger partial charge in [0, 0.05) is 18.6 Å². The molecule has 0 aromatic carbocycles. The molecule has 0 atom stereocenters. The highest BCUT2D eigenvalue weighted by Crippen LogP contribution is 1.91. The van der Waals surface area contributed by atoms with E-state index in [9.17, 15) is 0 Å². The van der Waals surface area contributed by atoms with Crippen molar-refractivity contribution in [3.63, 3.8) is 0 Å². The summed E-state index contributed by atoms with van der Waals surface area (Å²) in [5.74, 6) is 0. The predicted octanol–water partition coefficient (Wildman–Crippen LogP) is -0.715. The average Bonchev–Trinajstić information content (AvgIpc) is 1.91. The molecule has 9 heavy (non-hydrogen) atoms. The largest absolute Gasteiger partial charge is 0.357 e. The SMILES string of the molecule is [NH3+]CCc1cc[nH+]cc1. The van der Waals surface area contributed by atoms with Gasteiger partial charge in [0.05, 0.1) is 6.54 Å². The molecule has 1 aromatic heterocycles. The second-order valence-electron chi connectivity index (χ2n) is 2.01. The Bertz CT molecular complexity index is 160. The number of aromatic nitrogens is 1. The maximum Gasteiger partial charge on any atom is 0.167 e. The molecule has 0 fully saturated rings. The van der Waals surface area contributed by atoms with Crippen molar-refractivity contribution in [2.24, 2.45) is 0 Å². The molecular formula is C7H12N2+2. The summed E-state index contributed by atoms with van der Waals surface area (Å²) in [4.78, 5) is 2.97. The van der Waals surface area contributed by atoms with E-state index in [1.54, 1.807) is 0 Å². The van der Waals surface area contributed by atoms with E-state index < -0.39 is 0 Å². The minimum absolute atomic E-state index is 0.976. The zero-order valence-electron chi connectivity index (χ0n) is 5.43. The number of aromatic amines is 1. The van der Waals surface area contributed by atoms with Gasteiger partial charge in [-0.05, 0) is 5.56 Å². The molecule has 0 aliphatic carbocycles. The number of rotatable bonds is 2. The van der Waals surface area contributed by atoms with Crippen LogP contribution >= 0.6 is 0 Å². The van der Waals surface area contributed by atoms with E-state index in [2.05, 4.69) is 22.9 Å². The molecule has 0 bridgehead atoms. The van der Waals surface area contributed by atoms with Gasteiger partial charge in [-0.25, -0.2) is 4.98 Å². The fourth-order valence-electron chi connectivity index (χ4n) is 0.792. The van der Waals surface area contributed by atoms with Crippen molar-refractivity contribution in [2.45, 2.75) is 6.42 Å². The van der Waals surface area contributed by atoms with Gasteiger partial charge in [0.1, 0.15) is 0 Å². The summed E-state index contributed by atoms with van der Waals surface area (Å²) in [7, 11) is 0. The summed E-state index contributed by atoms with van der Waals surface area (Å²) in [5.41, 5.74) is 5.12. The van der Waals surface area contributed by atoms with Crippen molar-refractivity contribution < 1.29 is 10.7 Å². The number of hydrogen-bond donors (Lipinski definition) is 1. The molecule has 0 saturated heterocycles. The maximum absolute atomic E-state index is 3.77. The third kappa shape index (κ3) is 1.82. The molecule has 0 aliphatic heterocycles. The first-order valence-electron chi connectivity index (χ1n) is 3.17. The molecule has 4 N–H and O–H groups in total. The second kappa shape index (κ2) is 3.20. The molecule has 1 aromatic rings. The Hall–Kier alpha value is -0.890. The molecule has 0 unspecified atom stereocenters. The van der Waals surface area contributed by atoms with E-state index in [0.29, 0.717) is 0 Å². The van der Waals surface area contributed by atoms with E-state index >= 15 is 0 Å². The van der Waals surface area contributed by atoms with Crippen LogP contribution in [0.2, 0.25) is 0 Å². The topological polar surface area (TPSA) is 41.8 Å². The fourth-order valence-corrected chi connectivity index (χ4v) is 0.792. The van der Waals surface area contributed by atoms with Crippen LogP contribution in [0.25, 0.3) is 0 Å². The summed E-state index contributed by atoms with van der Waals surface area (Å²) >= 11 is 0. The van der Waals surface area contributed by atoms with Gasteiger partial charge in [-0.3, -0.25) is 0 Å². The van der Waals surface area contributed by atoms with E-state index in [0.717, 1.165) is 13.0 Å². The first-order chi connectivity index (χ1) is 4.43. The number of pyridine rings is 1. The smallest absolute Gasteiger partial charge is 0.167 e. The van der Waals surface area contributed by atoms with Crippen LogP contribution in [0.3, 0.4) is 0 Å². The monoisotopic (exact) mass is 124 g/mol. The number of hydrogen-bond acceptors (Lipinski definition) is 0. The van der Waals surface area contributed by atoms with Crippen LogP contribution in [-0.2, 0) is 6.42 Å². The second-order valence-corrected chi connectivity index (χ2v) is 2.01. The molecule has 0 amide bonds. The summed E-state index contributed by atoms with van der Waals surface area (Å²) < 4.78 is 0. The average molecular weight is 124 g/mol. The minimum Gasteiger partial charge on any atom is -0.357 e. The zero-order valence-corrected chi connectivity index (χ0v) is 5.43. The van der Waals surface area contributed by atoms with E-state index in [1.807, 2.05) is 12.4 Å². The summed E-state index contributed by atoms with van der Waals surface area (Å²) in [6.07, 6.45) is 4.95. The van der Waals surface area contributed by atoms with Crippen molar-refractivity contribution in [1.82, 2.24) is 0 Å². The fraction of sp³-hybridized carbons (Fsp3) is 0.286. The lowest BCUT2D eigenvalue weighted by atomic mass is 10.2. The van der Waals surface area contributed by atoms with E-state index in [4.69, 9.17) is 0 Å². The van der Waals surface area contributed by atoms with Crippen LogP contribution in [0.5, 0.6) is 0 Å². The van der Waals surface area contributed by atoms with Crippen LogP contribution < -0.4 is 10.7 Å². The van der Waals surface area contributed by atoms with Crippen LogP contribution in [0.1, 0.15) is 5.56 Å². The Balaban J connectivity index is 2.61. The molecule has 0 aliphatic rings. The summed E-state index contributed by atoms with van der Waals surface area (Å²) in [6, 6.07) is 4.15. The highest BCUT2D eigenvalue weighted by molar-refractivity contribution is 5.06. The standard InChI is InChI=1S/C7H10N2/c8-4-1-7-2-5-9-6-3-7/h2-3,5-6H,1,4,8H2/p+2. The molecule has 2 heteroatoms. The van der Waals surface area contributed by atoms with Gasteiger partial charge in [-0.15, -0.1) is 0 Å². The molecule has 1 heterocycles. The van der Waals surface area contributed by atoms with Gasteiger partial charge < -0.3 is 5.73 Å². The Kier molecular flexibility index (Phi) is 2.22. The van der Waals surface area contributed by atoms with Gasteiger partial charge in [0.25, 0.3) is 0 Å². The highest BCUT2D eigenvalue weighted by atomic mass is 14.6. The third-order valence-corrected chi connectivity index (χ3v) is 1.25. The first-order valence-corrected chi connectivity index (χ1v) is 3.17. The van der Waals surface area contributed by atoms with Crippen molar-refractivity contribution in [3.8, 4) is 0 Å². The number of H-pyrrole nitrogens is 1. The zero-order chi connectivity index (χ0) is 6.53. The van der Waals surface area contributed by atoms with Crippen LogP contribution in [-0.4, -0.2) is 6.54 Å². The molecule has 48 valence electrons. The molecular weight excluding hydrogens is 112 g/mol. The number of nitrogens with one attached hydrogen (secondary N) is 1. The lowest BCUT2D eigenvalue weighted by Gasteiger charge is -1.88.